The number of methoxy groups -OCH3 is 1. The molecule has 1 aliphatic carbocycles. The molecule has 0 bridgehead atoms. The molecule has 1 N–H and O–H groups in total. The summed E-state index contributed by atoms with van der Waals surface area (Å²) < 4.78 is 6.45. The van der Waals surface area contributed by atoms with E-state index in [1.807, 2.05) is 18.2 Å². The molecule has 2 rings (SSSR count). The summed E-state index contributed by atoms with van der Waals surface area (Å²) in [6.07, 6.45) is 5.13. The molecule has 1 fully saturated rings. The summed E-state index contributed by atoms with van der Waals surface area (Å²) in [4.78, 5) is 0. The van der Waals surface area contributed by atoms with E-state index in [1.54, 1.807) is 7.11 Å². The Balaban J connectivity index is 2.05. The lowest BCUT2D eigenvalue weighted by atomic mass is 9.92. The van der Waals surface area contributed by atoms with Gasteiger partial charge in [0, 0.05) is 17.3 Å². The third-order valence-corrected chi connectivity index (χ3v) is 4.51. The van der Waals surface area contributed by atoms with Crippen LogP contribution in [-0.4, -0.2) is 19.3 Å². The van der Waals surface area contributed by atoms with Crippen LogP contribution in [-0.2, 0) is 4.74 Å². The van der Waals surface area contributed by atoms with Crippen LogP contribution in [0.1, 0.15) is 25.7 Å². The Morgan fingerprint density at radius 1 is 1.35 bits per heavy atom. The lowest BCUT2D eigenvalue weighted by molar-refractivity contribution is 0.0606. The molecule has 0 amide bonds. The third kappa shape index (κ3) is 3.36. The van der Waals surface area contributed by atoms with E-state index in [9.17, 15) is 0 Å². The molecule has 4 heteroatoms. The van der Waals surface area contributed by atoms with Gasteiger partial charge in [0.25, 0.3) is 0 Å². The van der Waals surface area contributed by atoms with E-state index in [1.165, 1.54) is 12.8 Å². The molecule has 0 aromatic heterocycles. The highest BCUT2D eigenvalue weighted by Gasteiger charge is 2.24. The number of hydrogen-bond donors (Lipinski definition) is 1. The maximum atomic E-state index is 6.08. The molecule has 0 saturated heterocycles. The second-order valence-corrected chi connectivity index (χ2v) is 5.70. The highest BCUT2D eigenvalue weighted by atomic mass is 79.9. The van der Waals surface area contributed by atoms with Gasteiger partial charge in [-0.15, -0.1) is 0 Å². The minimum atomic E-state index is 0.311. The van der Waals surface area contributed by atoms with Crippen LogP contribution in [0.2, 0.25) is 5.02 Å². The molecular weight excluding hydrogens is 302 g/mol. The van der Waals surface area contributed by atoms with Crippen LogP contribution < -0.4 is 5.32 Å². The van der Waals surface area contributed by atoms with Crippen molar-refractivity contribution in [2.45, 2.75) is 37.8 Å². The van der Waals surface area contributed by atoms with Crippen LogP contribution in [0.25, 0.3) is 0 Å². The summed E-state index contributed by atoms with van der Waals surface area (Å²) >= 11 is 9.48. The quantitative estimate of drug-likeness (QED) is 0.887. The van der Waals surface area contributed by atoms with E-state index in [4.69, 9.17) is 16.3 Å². The number of hydrogen-bond acceptors (Lipinski definition) is 2. The van der Waals surface area contributed by atoms with Crippen LogP contribution in [0.3, 0.4) is 0 Å². The van der Waals surface area contributed by atoms with E-state index in [-0.39, 0.29) is 0 Å². The Labute approximate surface area is 116 Å². The molecule has 2 unspecified atom stereocenters. The van der Waals surface area contributed by atoms with Gasteiger partial charge in [-0.2, -0.15) is 0 Å². The third-order valence-electron chi connectivity index (χ3n) is 3.28. The number of rotatable bonds is 3. The van der Waals surface area contributed by atoms with Crippen molar-refractivity contribution >= 4 is 33.2 Å². The first kappa shape index (κ1) is 13.2. The van der Waals surface area contributed by atoms with Gasteiger partial charge >= 0.3 is 0 Å². The second-order valence-electron chi connectivity index (χ2n) is 4.44. The van der Waals surface area contributed by atoms with Crippen LogP contribution in [0, 0.1) is 0 Å². The van der Waals surface area contributed by atoms with Crippen molar-refractivity contribution in [3.63, 3.8) is 0 Å². The van der Waals surface area contributed by atoms with E-state index < -0.39 is 0 Å². The average Bonchev–Trinajstić information content (AvgIpc) is 2.34. The zero-order valence-corrected chi connectivity index (χ0v) is 12.2. The molecule has 0 aliphatic heterocycles. The summed E-state index contributed by atoms with van der Waals surface area (Å²) in [5.41, 5.74) is 1.06. The first-order valence-electron chi connectivity index (χ1n) is 5.95. The molecule has 0 radical (unpaired) electrons. The van der Waals surface area contributed by atoms with Gasteiger partial charge in [0.2, 0.25) is 0 Å². The number of nitrogens with one attached hydrogen (secondary N) is 1. The Kier molecular flexibility index (Phi) is 4.71. The summed E-state index contributed by atoms with van der Waals surface area (Å²) in [7, 11) is 1.79. The van der Waals surface area contributed by atoms with Gasteiger partial charge in [0.1, 0.15) is 0 Å². The fraction of sp³-hybridized carbons (Fsp3) is 0.538. The van der Waals surface area contributed by atoms with Crippen molar-refractivity contribution in [3.8, 4) is 0 Å². The maximum Gasteiger partial charge on any atom is 0.0772 e. The van der Waals surface area contributed by atoms with Gasteiger partial charge in [0.05, 0.1) is 17.2 Å². The molecule has 17 heavy (non-hydrogen) atoms. The minimum Gasteiger partial charge on any atom is -0.380 e. The van der Waals surface area contributed by atoms with Gasteiger partial charge in [-0.1, -0.05) is 24.4 Å². The van der Waals surface area contributed by atoms with Gasteiger partial charge in [0.15, 0.2) is 0 Å². The van der Waals surface area contributed by atoms with Crippen molar-refractivity contribution in [1.82, 2.24) is 0 Å². The molecule has 1 aromatic rings. The lowest BCUT2D eigenvalue weighted by Crippen LogP contribution is -2.37. The summed E-state index contributed by atoms with van der Waals surface area (Å²) in [5.74, 6) is 0. The molecule has 2 atom stereocenters. The molecule has 0 heterocycles. The van der Waals surface area contributed by atoms with Crippen molar-refractivity contribution in [1.29, 1.82) is 0 Å². The SMILES string of the molecule is COC1CCCCC1Nc1ccc(Br)c(Cl)c1. The smallest absolute Gasteiger partial charge is 0.0772 e. The zero-order chi connectivity index (χ0) is 12.3. The van der Waals surface area contributed by atoms with Crippen LogP contribution >= 0.6 is 27.5 Å². The number of ether oxygens (including phenoxy) is 1. The second kappa shape index (κ2) is 6.07. The Bertz CT molecular complexity index is 386. The van der Waals surface area contributed by atoms with Gasteiger partial charge < -0.3 is 10.1 Å². The van der Waals surface area contributed by atoms with Crippen molar-refractivity contribution in [2.24, 2.45) is 0 Å². The fourth-order valence-corrected chi connectivity index (χ4v) is 2.77. The minimum absolute atomic E-state index is 0.311. The Morgan fingerprint density at radius 3 is 2.82 bits per heavy atom. The monoisotopic (exact) mass is 317 g/mol. The largest absolute Gasteiger partial charge is 0.380 e. The Hall–Kier alpha value is -0.250. The fourth-order valence-electron chi connectivity index (χ4n) is 2.34. The molecule has 1 saturated carbocycles. The topological polar surface area (TPSA) is 21.3 Å². The van der Waals surface area contributed by atoms with Crippen LogP contribution in [0.15, 0.2) is 22.7 Å². The van der Waals surface area contributed by atoms with Gasteiger partial charge in [-0.3, -0.25) is 0 Å². The zero-order valence-electron chi connectivity index (χ0n) is 9.88. The first-order chi connectivity index (χ1) is 8.20. The molecule has 2 nitrogen and oxygen atoms in total. The summed E-state index contributed by atoms with van der Waals surface area (Å²) in [6.45, 7) is 0. The highest BCUT2D eigenvalue weighted by molar-refractivity contribution is 9.10. The van der Waals surface area contributed by atoms with E-state index in [0.29, 0.717) is 12.1 Å². The maximum absolute atomic E-state index is 6.08. The number of anilines is 1. The predicted octanol–water partition coefficient (Wildman–Crippen LogP) is 4.47. The molecule has 0 spiro atoms. The normalized spacial score (nSPS) is 24.6. The lowest BCUT2D eigenvalue weighted by Gasteiger charge is -2.31. The summed E-state index contributed by atoms with van der Waals surface area (Å²) in [5, 5.41) is 4.26. The number of benzene rings is 1. The molecule has 1 aromatic carbocycles. The van der Waals surface area contributed by atoms with E-state index in [2.05, 4.69) is 21.2 Å². The molecule has 1 aliphatic rings. The highest BCUT2D eigenvalue weighted by Crippen LogP contribution is 2.28. The standard InChI is InChI=1S/C13H17BrClNO/c1-17-13-5-3-2-4-12(13)16-9-6-7-10(14)11(15)8-9/h6-8,12-13,16H,2-5H2,1H3. The van der Waals surface area contributed by atoms with Crippen LogP contribution in [0.4, 0.5) is 5.69 Å². The van der Waals surface area contributed by atoms with Crippen molar-refractivity contribution in [2.75, 3.05) is 12.4 Å². The van der Waals surface area contributed by atoms with Crippen molar-refractivity contribution < 1.29 is 4.74 Å². The van der Waals surface area contributed by atoms with Gasteiger partial charge in [-0.05, 0) is 47.0 Å². The van der Waals surface area contributed by atoms with E-state index in [0.717, 1.165) is 28.0 Å². The Morgan fingerprint density at radius 2 is 2.12 bits per heavy atom. The van der Waals surface area contributed by atoms with Crippen molar-refractivity contribution in [3.05, 3.63) is 27.7 Å². The number of halogens is 2. The first-order valence-corrected chi connectivity index (χ1v) is 7.12. The van der Waals surface area contributed by atoms with E-state index >= 15 is 0 Å². The molecule has 94 valence electrons. The molecular formula is C13H17BrClNO. The van der Waals surface area contributed by atoms with Crippen LogP contribution in [0.5, 0.6) is 0 Å². The summed E-state index contributed by atoms with van der Waals surface area (Å²) in [6, 6.07) is 6.35. The average molecular weight is 319 g/mol. The predicted molar refractivity (Wildman–Crippen MR) is 75.8 cm³/mol. The van der Waals surface area contributed by atoms with Gasteiger partial charge in [-0.25, -0.2) is 0 Å².